The minimum absolute atomic E-state index is 0.142. The minimum atomic E-state index is -0.311. The van der Waals surface area contributed by atoms with Crippen LogP contribution in [-0.4, -0.2) is 26.4 Å². The number of carbonyl (C=O) groups is 1. The van der Waals surface area contributed by atoms with Gasteiger partial charge in [0.15, 0.2) is 23.0 Å². The minimum Gasteiger partial charge on any atom is -0.493 e. The van der Waals surface area contributed by atoms with Gasteiger partial charge in [-0.1, -0.05) is 13.3 Å². The zero-order chi connectivity index (χ0) is 18.5. The van der Waals surface area contributed by atoms with Gasteiger partial charge in [-0.05, 0) is 24.6 Å². The summed E-state index contributed by atoms with van der Waals surface area (Å²) in [5.41, 5.74) is 7.26. The van der Waals surface area contributed by atoms with Crippen molar-refractivity contribution in [3.63, 3.8) is 0 Å². The average molecular weight is 358 g/mol. The number of anilines is 2. The number of carbonyl (C=O) groups excluding carboxylic acids is 1. The molecule has 0 saturated carbocycles. The Morgan fingerprint density at radius 1 is 1.19 bits per heavy atom. The van der Waals surface area contributed by atoms with Crippen molar-refractivity contribution in [3.8, 4) is 23.0 Å². The van der Waals surface area contributed by atoms with Gasteiger partial charge in [-0.2, -0.15) is 0 Å². The van der Waals surface area contributed by atoms with Gasteiger partial charge in [0.2, 0.25) is 6.79 Å². The molecule has 0 aliphatic carbocycles. The summed E-state index contributed by atoms with van der Waals surface area (Å²) in [4.78, 5) is 12.6. The predicted molar refractivity (Wildman–Crippen MR) is 98.3 cm³/mol. The lowest BCUT2D eigenvalue weighted by Gasteiger charge is -2.13. The summed E-state index contributed by atoms with van der Waals surface area (Å²) in [6.45, 7) is 2.84. The largest absolute Gasteiger partial charge is 0.493 e. The monoisotopic (exact) mass is 358 g/mol. The van der Waals surface area contributed by atoms with Crippen LogP contribution < -0.4 is 30.0 Å². The number of ether oxygens (including phenoxy) is 4. The van der Waals surface area contributed by atoms with Crippen LogP contribution in [0.15, 0.2) is 30.3 Å². The van der Waals surface area contributed by atoms with E-state index < -0.39 is 0 Å². The molecule has 1 aliphatic heterocycles. The van der Waals surface area contributed by atoms with E-state index in [2.05, 4.69) is 12.2 Å². The second-order valence-electron chi connectivity index (χ2n) is 5.81. The van der Waals surface area contributed by atoms with E-state index in [-0.39, 0.29) is 12.7 Å². The third kappa shape index (κ3) is 3.77. The number of hydrogen-bond acceptors (Lipinski definition) is 6. The smallest absolute Gasteiger partial charge is 0.255 e. The molecule has 0 atom stereocenters. The molecule has 138 valence electrons. The van der Waals surface area contributed by atoms with Crippen LogP contribution in [0.5, 0.6) is 23.0 Å². The molecule has 1 aliphatic rings. The van der Waals surface area contributed by atoms with Gasteiger partial charge in [-0.25, -0.2) is 0 Å². The normalized spacial score (nSPS) is 11.9. The molecule has 2 aromatic carbocycles. The summed E-state index contributed by atoms with van der Waals surface area (Å²) < 4.78 is 21.6. The van der Waals surface area contributed by atoms with E-state index in [1.165, 1.54) is 0 Å². The van der Waals surface area contributed by atoms with Crippen LogP contribution in [-0.2, 0) is 0 Å². The van der Waals surface area contributed by atoms with E-state index in [1.54, 1.807) is 37.4 Å². The summed E-state index contributed by atoms with van der Waals surface area (Å²) in [5.74, 6) is 1.92. The van der Waals surface area contributed by atoms with Crippen LogP contribution in [0.25, 0.3) is 0 Å². The van der Waals surface area contributed by atoms with Gasteiger partial charge in [0.25, 0.3) is 5.91 Å². The summed E-state index contributed by atoms with van der Waals surface area (Å²) in [7, 11) is 1.54. The topological polar surface area (TPSA) is 92.0 Å². The number of nitrogens with one attached hydrogen (secondary N) is 1. The van der Waals surface area contributed by atoms with Crippen molar-refractivity contribution in [3.05, 3.63) is 35.9 Å². The van der Waals surface area contributed by atoms with Gasteiger partial charge < -0.3 is 30.0 Å². The first-order valence-corrected chi connectivity index (χ1v) is 8.43. The van der Waals surface area contributed by atoms with E-state index in [0.29, 0.717) is 46.5 Å². The van der Waals surface area contributed by atoms with Crippen LogP contribution in [0, 0.1) is 0 Å². The maximum Gasteiger partial charge on any atom is 0.255 e. The third-order valence-electron chi connectivity index (χ3n) is 3.97. The van der Waals surface area contributed by atoms with Gasteiger partial charge in [0.05, 0.1) is 25.1 Å². The SMILES string of the molecule is CCCCOc1ccc(C(=O)Nc2cc3c(cc2N)OCO3)cc1OC. The van der Waals surface area contributed by atoms with E-state index in [1.807, 2.05) is 0 Å². The van der Waals surface area contributed by atoms with Gasteiger partial charge in [-0.15, -0.1) is 0 Å². The Hall–Kier alpha value is -3.09. The fourth-order valence-corrected chi connectivity index (χ4v) is 2.51. The zero-order valence-corrected chi connectivity index (χ0v) is 14.8. The molecule has 0 unspecified atom stereocenters. The number of benzene rings is 2. The van der Waals surface area contributed by atoms with Crippen LogP contribution in [0.1, 0.15) is 30.1 Å². The lowest BCUT2D eigenvalue weighted by molar-refractivity contribution is 0.102. The fourth-order valence-electron chi connectivity index (χ4n) is 2.51. The Morgan fingerprint density at radius 2 is 1.96 bits per heavy atom. The Labute approximate surface area is 152 Å². The molecule has 1 heterocycles. The fraction of sp³-hybridized carbons (Fsp3) is 0.316. The van der Waals surface area contributed by atoms with Crippen LogP contribution in [0.4, 0.5) is 11.4 Å². The summed E-state index contributed by atoms with van der Waals surface area (Å²) in [6, 6.07) is 8.33. The highest BCUT2D eigenvalue weighted by atomic mass is 16.7. The van der Waals surface area contributed by atoms with E-state index in [4.69, 9.17) is 24.7 Å². The van der Waals surface area contributed by atoms with Crippen molar-refractivity contribution in [2.75, 3.05) is 31.6 Å². The van der Waals surface area contributed by atoms with Crippen LogP contribution in [0.2, 0.25) is 0 Å². The molecule has 3 rings (SSSR count). The first-order chi connectivity index (χ1) is 12.6. The molecule has 0 saturated heterocycles. The number of hydrogen-bond donors (Lipinski definition) is 2. The number of rotatable bonds is 7. The zero-order valence-electron chi connectivity index (χ0n) is 14.8. The van der Waals surface area contributed by atoms with E-state index >= 15 is 0 Å². The van der Waals surface area contributed by atoms with Crippen molar-refractivity contribution < 1.29 is 23.7 Å². The lowest BCUT2D eigenvalue weighted by atomic mass is 10.1. The number of nitrogen functional groups attached to an aromatic ring is 1. The number of amides is 1. The third-order valence-corrected chi connectivity index (χ3v) is 3.97. The maximum atomic E-state index is 12.6. The predicted octanol–water partition coefficient (Wildman–Crippen LogP) is 3.44. The van der Waals surface area contributed by atoms with Gasteiger partial charge in [0, 0.05) is 17.7 Å². The standard InChI is InChI=1S/C19H22N2O5/c1-3-4-7-24-15-6-5-12(8-16(15)23-2)19(22)21-14-10-18-17(9-13(14)20)25-11-26-18/h5-6,8-10H,3-4,7,11,20H2,1-2H3,(H,21,22). The molecule has 1 amide bonds. The Kier molecular flexibility index (Phi) is 5.36. The van der Waals surface area contributed by atoms with E-state index in [9.17, 15) is 4.79 Å². The highest BCUT2D eigenvalue weighted by Gasteiger charge is 2.18. The lowest BCUT2D eigenvalue weighted by Crippen LogP contribution is -2.13. The second-order valence-corrected chi connectivity index (χ2v) is 5.81. The van der Waals surface area contributed by atoms with Crippen LogP contribution in [0.3, 0.4) is 0 Å². The number of methoxy groups -OCH3 is 1. The first kappa shape index (κ1) is 17.7. The molecular formula is C19H22N2O5. The average Bonchev–Trinajstić information content (AvgIpc) is 3.09. The maximum absolute atomic E-state index is 12.6. The van der Waals surface area contributed by atoms with Crippen molar-refractivity contribution in [1.29, 1.82) is 0 Å². The molecule has 0 aromatic heterocycles. The molecular weight excluding hydrogens is 336 g/mol. The quantitative estimate of drug-likeness (QED) is 0.582. The van der Waals surface area contributed by atoms with Crippen molar-refractivity contribution in [1.82, 2.24) is 0 Å². The highest BCUT2D eigenvalue weighted by Crippen LogP contribution is 2.38. The summed E-state index contributed by atoms with van der Waals surface area (Å²) in [5, 5.41) is 2.78. The molecule has 2 aromatic rings. The van der Waals surface area contributed by atoms with E-state index in [0.717, 1.165) is 12.8 Å². The summed E-state index contributed by atoms with van der Waals surface area (Å²) in [6.07, 6.45) is 1.99. The van der Waals surface area contributed by atoms with Crippen molar-refractivity contribution in [2.45, 2.75) is 19.8 Å². The Balaban J connectivity index is 1.75. The molecule has 7 heteroatoms. The van der Waals surface area contributed by atoms with Crippen LogP contribution >= 0.6 is 0 Å². The molecule has 7 nitrogen and oxygen atoms in total. The Morgan fingerprint density at radius 3 is 2.69 bits per heavy atom. The number of unbranched alkanes of at least 4 members (excludes halogenated alkanes) is 1. The second kappa shape index (κ2) is 7.86. The van der Waals surface area contributed by atoms with Crippen molar-refractivity contribution in [2.24, 2.45) is 0 Å². The Bertz CT molecular complexity index is 807. The highest BCUT2D eigenvalue weighted by molar-refractivity contribution is 6.06. The molecule has 0 radical (unpaired) electrons. The molecule has 0 bridgehead atoms. The molecule has 3 N–H and O–H groups in total. The summed E-state index contributed by atoms with van der Waals surface area (Å²) >= 11 is 0. The van der Waals surface area contributed by atoms with Gasteiger partial charge in [0.1, 0.15) is 0 Å². The van der Waals surface area contributed by atoms with Gasteiger partial charge >= 0.3 is 0 Å². The first-order valence-electron chi connectivity index (χ1n) is 8.43. The number of fused-ring (bicyclic) bond motifs is 1. The molecule has 0 fully saturated rings. The molecule has 0 spiro atoms. The molecule has 26 heavy (non-hydrogen) atoms. The number of nitrogens with two attached hydrogens (primary N) is 1. The van der Waals surface area contributed by atoms with Gasteiger partial charge in [-0.3, -0.25) is 4.79 Å². The van der Waals surface area contributed by atoms with Crippen molar-refractivity contribution >= 4 is 17.3 Å².